The Morgan fingerprint density at radius 2 is 1.93 bits per heavy atom. The zero-order chi connectivity index (χ0) is 19.3. The first-order valence-electron chi connectivity index (χ1n) is 9.81. The Balaban J connectivity index is 1.43. The lowest BCUT2D eigenvalue weighted by molar-refractivity contribution is 0.0248. The van der Waals surface area contributed by atoms with E-state index in [-0.39, 0.29) is 16.9 Å². The van der Waals surface area contributed by atoms with Gasteiger partial charge in [-0.05, 0) is 76.8 Å². The number of carbonyl (C=O) groups is 1. The number of pyridine rings is 1. The van der Waals surface area contributed by atoms with Crippen LogP contribution in [-0.2, 0) is 10.2 Å². The molecule has 6 heteroatoms. The molecule has 0 radical (unpaired) electrons. The first-order valence-corrected chi connectivity index (χ1v) is 10.6. The topological polar surface area (TPSA) is 55.6 Å². The second kappa shape index (κ2) is 6.50. The highest BCUT2D eigenvalue weighted by atomic mass is 79.9. The summed E-state index contributed by atoms with van der Waals surface area (Å²) in [6.45, 7) is 6.41. The van der Waals surface area contributed by atoms with E-state index in [1.54, 1.807) is 0 Å². The third kappa shape index (κ3) is 3.73. The van der Waals surface area contributed by atoms with E-state index in [2.05, 4.69) is 44.1 Å². The van der Waals surface area contributed by atoms with Gasteiger partial charge in [-0.1, -0.05) is 15.9 Å². The molecule has 3 aliphatic carbocycles. The Morgan fingerprint density at radius 1 is 1.26 bits per heavy atom. The van der Waals surface area contributed by atoms with Gasteiger partial charge in [0.15, 0.2) is 0 Å². The fraction of sp³-hybridized carbons (Fsp3) is 0.619. The largest absolute Gasteiger partial charge is 0.444 e. The molecule has 0 atom stereocenters. The molecule has 2 aromatic heterocycles. The third-order valence-electron chi connectivity index (χ3n) is 6.37. The summed E-state index contributed by atoms with van der Waals surface area (Å²) in [6, 6.07) is 4.12. The molecule has 27 heavy (non-hydrogen) atoms. The molecule has 0 aliphatic heterocycles. The van der Waals surface area contributed by atoms with E-state index in [4.69, 9.17) is 9.72 Å². The van der Waals surface area contributed by atoms with E-state index in [1.807, 2.05) is 26.8 Å². The van der Waals surface area contributed by atoms with Crippen LogP contribution in [0.5, 0.6) is 0 Å². The highest BCUT2D eigenvalue weighted by molar-refractivity contribution is 9.10. The van der Waals surface area contributed by atoms with Crippen molar-refractivity contribution in [3.8, 4) is 0 Å². The standard InChI is InChI=1S/C21H28BrN3O2/c1-19(2,3)27-18(26)23-14-20-5-8-21(9-6-20,10-7-20)16-13-25-11-4-15(22)12-17(25)24-16/h4,11-13H,5-10,14H2,1-3H3,(H,23,26). The Bertz CT molecular complexity index is 843. The SMILES string of the molecule is CC(C)(C)OC(=O)NCC12CCC(c3cn4ccc(Br)cc4n3)(CC1)CC2. The Hall–Kier alpha value is -1.56. The van der Waals surface area contributed by atoms with Gasteiger partial charge in [-0.15, -0.1) is 0 Å². The zero-order valence-electron chi connectivity index (χ0n) is 16.3. The maximum Gasteiger partial charge on any atom is 0.407 e. The first kappa shape index (κ1) is 18.8. The predicted molar refractivity (Wildman–Crippen MR) is 109 cm³/mol. The molecule has 3 aliphatic rings. The minimum Gasteiger partial charge on any atom is -0.444 e. The maximum atomic E-state index is 12.0. The van der Waals surface area contributed by atoms with Gasteiger partial charge in [0.2, 0.25) is 0 Å². The summed E-state index contributed by atoms with van der Waals surface area (Å²) >= 11 is 3.53. The van der Waals surface area contributed by atoms with Crippen molar-refractivity contribution in [2.75, 3.05) is 6.54 Å². The Labute approximate surface area is 169 Å². The predicted octanol–water partition coefficient (Wildman–Crippen LogP) is 5.21. The molecule has 2 bridgehead atoms. The van der Waals surface area contributed by atoms with Crippen molar-refractivity contribution >= 4 is 27.7 Å². The smallest absolute Gasteiger partial charge is 0.407 e. The summed E-state index contributed by atoms with van der Waals surface area (Å²) < 4.78 is 8.58. The van der Waals surface area contributed by atoms with Crippen LogP contribution in [0, 0.1) is 5.41 Å². The number of hydrogen-bond acceptors (Lipinski definition) is 3. The van der Waals surface area contributed by atoms with Crippen LogP contribution in [-0.4, -0.2) is 27.6 Å². The van der Waals surface area contributed by atoms with E-state index in [9.17, 15) is 4.79 Å². The summed E-state index contributed by atoms with van der Waals surface area (Å²) in [5, 5.41) is 3.02. The number of imidazole rings is 1. The van der Waals surface area contributed by atoms with Crippen molar-refractivity contribution in [2.45, 2.75) is 70.3 Å². The van der Waals surface area contributed by atoms with Crippen LogP contribution < -0.4 is 5.32 Å². The van der Waals surface area contributed by atoms with Crippen LogP contribution in [0.4, 0.5) is 4.79 Å². The van der Waals surface area contributed by atoms with Gasteiger partial charge in [-0.2, -0.15) is 0 Å². The van der Waals surface area contributed by atoms with Gasteiger partial charge in [0.1, 0.15) is 11.2 Å². The average molecular weight is 434 g/mol. The number of halogens is 1. The normalized spacial score (nSPS) is 27.7. The number of amides is 1. The summed E-state index contributed by atoms with van der Waals surface area (Å²) in [6.07, 6.45) is 10.8. The number of nitrogens with zero attached hydrogens (tertiary/aromatic N) is 2. The van der Waals surface area contributed by atoms with Gasteiger partial charge >= 0.3 is 6.09 Å². The molecule has 0 spiro atoms. The Morgan fingerprint density at radius 3 is 2.56 bits per heavy atom. The number of aromatic nitrogens is 2. The first-order chi connectivity index (χ1) is 12.7. The molecule has 2 heterocycles. The van der Waals surface area contributed by atoms with Crippen LogP contribution >= 0.6 is 15.9 Å². The number of alkyl carbamates (subject to hydrolysis) is 1. The molecule has 5 nitrogen and oxygen atoms in total. The molecule has 0 aromatic carbocycles. The molecular formula is C21H28BrN3O2. The minimum absolute atomic E-state index is 0.201. The highest BCUT2D eigenvalue weighted by Gasteiger charge is 2.50. The fourth-order valence-corrected chi connectivity index (χ4v) is 5.02. The minimum atomic E-state index is -0.450. The molecule has 0 unspecified atom stereocenters. The van der Waals surface area contributed by atoms with Gasteiger partial charge in [-0.3, -0.25) is 0 Å². The van der Waals surface area contributed by atoms with Gasteiger partial charge in [0.05, 0.1) is 5.69 Å². The second-order valence-electron chi connectivity index (χ2n) is 9.37. The van der Waals surface area contributed by atoms with Gasteiger partial charge in [0.25, 0.3) is 0 Å². The van der Waals surface area contributed by atoms with Crippen LogP contribution in [0.2, 0.25) is 0 Å². The molecule has 146 valence electrons. The van der Waals surface area contributed by atoms with Crippen molar-refractivity contribution in [1.29, 1.82) is 0 Å². The molecule has 0 saturated heterocycles. The van der Waals surface area contributed by atoms with E-state index < -0.39 is 5.60 Å². The lowest BCUT2D eigenvalue weighted by atomic mass is 9.53. The molecule has 3 saturated carbocycles. The van der Waals surface area contributed by atoms with E-state index >= 15 is 0 Å². The third-order valence-corrected chi connectivity index (χ3v) is 6.87. The summed E-state index contributed by atoms with van der Waals surface area (Å²) in [7, 11) is 0. The Kier molecular flexibility index (Phi) is 4.53. The summed E-state index contributed by atoms with van der Waals surface area (Å²) in [5.74, 6) is 0. The van der Waals surface area contributed by atoms with Crippen molar-refractivity contribution in [1.82, 2.24) is 14.7 Å². The monoisotopic (exact) mass is 433 g/mol. The summed E-state index contributed by atoms with van der Waals surface area (Å²) in [4.78, 5) is 17.0. The molecular weight excluding hydrogens is 406 g/mol. The van der Waals surface area contributed by atoms with Crippen molar-refractivity contribution in [3.05, 3.63) is 34.7 Å². The highest BCUT2D eigenvalue weighted by Crippen LogP contribution is 2.57. The number of rotatable bonds is 3. The number of carbonyl (C=O) groups excluding carboxylic acids is 1. The van der Waals surface area contributed by atoms with Crippen LogP contribution in [0.15, 0.2) is 29.0 Å². The van der Waals surface area contributed by atoms with E-state index in [1.165, 1.54) is 5.69 Å². The van der Waals surface area contributed by atoms with Crippen LogP contribution in [0.3, 0.4) is 0 Å². The number of hydrogen-bond donors (Lipinski definition) is 1. The average Bonchev–Trinajstić information content (AvgIpc) is 3.04. The molecule has 5 rings (SSSR count). The quantitative estimate of drug-likeness (QED) is 0.721. The van der Waals surface area contributed by atoms with E-state index in [0.717, 1.165) is 55.2 Å². The van der Waals surface area contributed by atoms with Gasteiger partial charge < -0.3 is 14.5 Å². The number of ether oxygens (including phenoxy) is 1. The molecule has 2 aromatic rings. The van der Waals surface area contributed by atoms with E-state index in [0.29, 0.717) is 0 Å². The van der Waals surface area contributed by atoms with Crippen molar-refractivity contribution in [2.24, 2.45) is 5.41 Å². The lowest BCUT2D eigenvalue weighted by Crippen LogP contribution is -2.49. The van der Waals surface area contributed by atoms with Crippen LogP contribution in [0.1, 0.15) is 65.0 Å². The second-order valence-corrected chi connectivity index (χ2v) is 10.3. The molecule has 1 amide bonds. The van der Waals surface area contributed by atoms with Crippen molar-refractivity contribution in [3.63, 3.8) is 0 Å². The zero-order valence-corrected chi connectivity index (χ0v) is 17.9. The van der Waals surface area contributed by atoms with Crippen molar-refractivity contribution < 1.29 is 9.53 Å². The number of nitrogens with one attached hydrogen (secondary N) is 1. The maximum absolute atomic E-state index is 12.0. The summed E-state index contributed by atoms with van der Waals surface area (Å²) in [5.41, 5.74) is 2.21. The van der Waals surface area contributed by atoms with Crippen LogP contribution in [0.25, 0.3) is 5.65 Å². The molecule has 3 fully saturated rings. The molecule has 1 N–H and O–H groups in total. The van der Waals surface area contributed by atoms with Gasteiger partial charge in [-0.25, -0.2) is 9.78 Å². The number of fused-ring (bicyclic) bond motifs is 4. The lowest BCUT2D eigenvalue weighted by Gasteiger charge is -2.53. The van der Waals surface area contributed by atoms with Gasteiger partial charge in [0, 0.05) is 28.8 Å². The fourth-order valence-electron chi connectivity index (χ4n) is 4.70.